The van der Waals surface area contributed by atoms with Gasteiger partial charge in [-0.3, -0.25) is 4.79 Å². The van der Waals surface area contributed by atoms with Crippen molar-refractivity contribution in [2.24, 2.45) is 0 Å². The number of rotatable bonds is 3. The molecule has 24 heavy (non-hydrogen) atoms. The Morgan fingerprint density at radius 1 is 1.08 bits per heavy atom. The van der Waals surface area contributed by atoms with Crippen LogP contribution < -0.4 is 5.11 Å². The van der Waals surface area contributed by atoms with Gasteiger partial charge in [0.05, 0.1) is 12.0 Å². The van der Waals surface area contributed by atoms with E-state index in [9.17, 15) is 14.7 Å². The van der Waals surface area contributed by atoms with E-state index < -0.39 is 23.3 Å². The Morgan fingerprint density at radius 3 is 2.38 bits per heavy atom. The lowest BCUT2D eigenvalue weighted by Gasteiger charge is -2.30. The topological polar surface area (TPSA) is 60.4 Å². The van der Waals surface area contributed by atoms with Gasteiger partial charge in [-0.15, -0.1) is 11.8 Å². The van der Waals surface area contributed by atoms with Crippen molar-refractivity contribution in [3.05, 3.63) is 69.7 Å². The van der Waals surface area contributed by atoms with E-state index in [1.807, 2.05) is 0 Å². The Kier molecular flexibility index (Phi) is 5.04. The third-order valence-corrected chi connectivity index (χ3v) is 5.67. The van der Waals surface area contributed by atoms with Crippen molar-refractivity contribution in [1.82, 2.24) is 4.90 Å². The van der Waals surface area contributed by atoms with Crippen molar-refractivity contribution in [2.75, 3.05) is 5.75 Å². The highest BCUT2D eigenvalue weighted by Crippen LogP contribution is 2.44. The molecule has 1 saturated heterocycles. The Bertz CT molecular complexity index is 782. The van der Waals surface area contributed by atoms with Crippen LogP contribution in [0.2, 0.25) is 10.0 Å². The van der Waals surface area contributed by atoms with Gasteiger partial charge in [-0.1, -0.05) is 41.4 Å². The third-order valence-electron chi connectivity index (χ3n) is 3.77. The van der Waals surface area contributed by atoms with Gasteiger partial charge in [0.25, 0.3) is 5.91 Å². The Hall–Kier alpha value is -1.69. The van der Waals surface area contributed by atoms with E-state index in [1.165, 1.54) is 16.7 Å². The lowest BCUT2D eigenvalue weighted by Crippen LogP contribution is -2.49. The van der Waals surface area contributed by atoms with Gasteiger partial charge in [-0.2, -0.15) is 0 Å². The van der Waals surface area contributed by atoms with Gasteiger partial charge >= 0.3 is 0 Å². The van der Waals surface area contributed by atoms with Crippen molar-refractivity contribution < 1.29 is 14.7 Å². The Morgan fingerprint density at radius 2 is 1.75 bits per heavy atom. The van der Waals surface area contributed by atoms with Crippen LogP contribution in [0.4, 0.5) is 0 Å². The molecule has 0 spiro atoms. The second kappa shape index (κ2) is 7.05. The maximum absolute atomic E-state index is 12.9. The zero-order valence-corrected chi connectivity index (χ0v) is 14.6. The van der Waals surface area contributed by atoms with Crippen LogP contribution in [-0.2, 0) is 4.79 Å². The van der Waals surface area contributed by atoms with Crippen LogP contribution in [0.3, 0.4) is 0 Å². The molecule has 7 heteroatoms. The maximum Gasteiger partial charge on any atom is 0.255 e. The Balaban J connectivity index is 2.01. The highest BCUT2D eigenvalue weighted by molar-refractivity contribution is 7.99. The molecule has 0 N–H and O–H groups in total. The Labute approximate surface area is 153 Å². The molecule has 0 bridgehead atoms. The molecule has 0 radical (unpaired) electrons. The van der Waals surface area contributed by atoms with Crippen LogP contribution in [0, 0.1) is 0 Å². The van der Waals surface area contributed by atoms with E-state index >= 15 is 0 Å². The van der Waals surface area contributed by atoms with Crippen molar-refractivity contribution in [3.63, 3.8) is 0 Å². The number of hydrogen-bond acceptors (Lipinski definition) is 4. The SMILES string of the molecule is O=C([O-])[C@H]1CS[C@H](c2ccccc2Cl)N1C(=O)c1ccc(Cl)cc1. The average Bonchev–Trinajstić information content (AvgIpc) is 3.00. The molecule has 2 atom stereocenters. The first-order valence-corrected chi connectivity index (χ1v) is 8.94. The number of thioether (sulfide) groups is 1. The first kappa shape index (κ1) is 17.1. The quantitative estimate of drug-likeness (QED) is 0.820. The van der Waals surface area contributed by atoms with Crippen LogP contribution in [0.25, 0.3) is 0 Å². The second-order valence-electron chi connectivity index (χ2n) is 5.26. The molecule has 3 rings (SSSR count). The largest absolute Gasteiger partial charge is 0.548 e. The second-order valence-corrected chi connectivity index (χ2v) is 7.22. The number of carboxylic acids is 1. The molecule has 1 fully saturated rings. The predicted molar refractivity (Wildman–Crippen MR) is 93.1 cm³/mol. The summed E-state index contributed by atoms with van der Waals surface area (Å²) in [6, 6.07) is 12.4. The molecular formula is C17H12Cl2NO3S-. The summed E-state index contributed by atoms with van der Waals surface area (Å²) >= 11 is 13.4. The summed E-state index contributed by atoms with van der Waals surface area (Å²) in [4.78, 5) is 25.7. The van der Waals surface area contributed by atoms with Crippen LogP contribution >= 0.6 is 35.0 Å². The monoisotopic (exact) mass is 380 g/mol. The lowest BCUT2D eigenvalue weighted by molar-refractivity contribution is -0.310. The molecule has 1 aliphatic heterocycles. The normalized spacial score (nSPS) is 20.2. The highest BCUT2D eigenvalue weighted by atomic mass is 35.5. The standard InChI is InChI=1S/C17H13Cl2NO3S/c18-11-7-5-10(6-8-11)15(21)20-14(17(22)23)9-24-16(20)12-3-1-2-4-13(12)19/h1-8,14,16H,9H2,(H,22,23)/p-1/t14-,16-/m1/s1. The van der Waals surface area contributed by atoms with Gasteiger partial charge in [-0.25, -0.2) is 0 Å². The van der Waals surface area contributed by atoms with Crippen molar-refractivity contribution >= 4 is 46.8 Å². The van der Waals surface area contributed by atoms with Gasteiger partial charge < -0.3 is 14.8 Å². The summed E-state index contributed by atoms with van der Waals surface area (Å²) in [6.45, 7) is 0. The molecule has 0 unspecified atom stereocenters. The molecule has 2 aromatic carbocycles. The molecule has 1 aliphatic rings. The van der Waals surface area contributed by atoms with Gasteiger partial charge in [0, 0.05) is 26.9 Å². The number of halogens is 2. The minimum atomic E-state index is -1.28. The van der Waals surface area contributed by atoms with Crippen LogP contribution in [0.5, 0.6) is 0 Å². The van der Waals surface area contributed by atoms with Gasteiger partial charge in [0.2, 0.25) is 0 Å². The van der Waals surface area contributed by atoms with E-state index in [2.05, 4.69) is 0 Å². The number of carbonyl (C=O) groups excluding carboxylic acids is 2. The molecular weight excluding hydrogens is 369 g/mol. The first-order chi connectivity index (χ1) is 11.5. The van der Waals surface area contributed by atoms with Crippen molar-refractivity contribution in [2.45, 2.75) is 11.4 Å². The zero-order chi connectivity index (χ0) is 17.3. The number of hydrogen-bond donors (Lipinski definition) is 0. The number of benzene rings is 2. The summed E-state index contributed by atoms with van der Waals surface area (Å²) in [7, 11) is 0. The average molecular weight is 381 g/mol. The predicted octanol–water partition coefficient (Wildman–Crippen LogP) is 3.00. The summed E-state index contributed by atoms with van der Waals surface area (Å²) in [5, 5.41) is 12.0. The van der Waals surface area contributed by atoms with E-state index in [0.29, 0.717) is 21.2 Å². The fourth-order valence-electron chi connectivity index (χ4n) is 2.59. The number of nitrogens with zero attached hydrogens (tertiary/aromatic N) is 1. The lowest BCUT2D eigenvalue weighted by atomic mass is 10.1. The van der Waals surface area contributed by atoms with Gasteiger partial charge in [-0.05, 0) is 30.3 Å². The fourth-order valence-corrected chi connectivity index (χ4v) is 4.47. The third kappa shape index (κ3) is 3.24. The molecule has 0 aromatic heterocycles. The van der Waals surface area contributed by atoms with E-state index in [0.717, 1.165) is 0 Å². The highest BCUT2D eigenvalue weighted by Gasteiger charge is 2.40. The fraction of sp³-hybridized carbons (Fsp3) is 0.176. The molecule has 4 nitrogen and oxygen atoms in total. The first-order valence-electron chi connectivity index (χ1n) is 7.14. The van der Waals surface area contributed by atoms with E-state index in [-0.39, 0.29) is 5.75 Å². The van der Waals surface area contributed by atoms with Gasteiger partial charge in [0.1, 0.15) is 5.37 Å². The number of amides is 1. The minimum Gasteiger partial charge on any atom is -0.548 e. The molecule has 2 aromatic rings. The van der Waals surface area contributed by atoms with Crippen LogP contribution in [0.1, 0.15) is 21.3 Å². The molecule has 1 heterocycles. The number of carboxylic acid groups (broad SMARTS) is 1. The maximum atomic E-state index is 12.9. The molecule has 1 amide bonds. The molecule has 0 saturated carbocycles. The minimum absolute atomic E-state index is 0.248. The van der Waals surface area contributed by atoms with Crippen LogP contribution in [-0.4, -0.2) is 28.6 Å². The molecule has 124 valence electrons. The van der Waals surface area contributed by atoms with E-state index in [4.69, 9.17) is 23.2 Å². The van der Waals surface area contributed by atoms with Crippen LogP contribution in [0.15, 0.2) is 48.5 Å². The summed E-state index contributed by atoms with van der Waals surface area (Å²) in [6.07, 6.45) is 0. The number of carbonyl (C=O) groups is 2. The van der Waals surface area contributed by atoms with Gasteiger partial charge in [0.15, 0.2) is 0 Å². The van der Waals surface area contributed by atoms with Crippen molar-refractivity contribution in [3.8, 4) is 0 Å². The summed E-state index contributed by atoms with van der Waals surface area (Å²) < 4.78 is 0. The number of aliphatic carboxylic acids is 1. The smallest absolute Gasteiger partial charge is 0.255 e. The van der Waals surface area contributed by atoms with Crippen molar-refractivity contribution in [1.29, 1.82) is 0 Å². The summed E-state index contributed by atoms with van der Waals surface area (Å²) in [5.41, 5.74) is 1.07. The molecule has 0 aliphatic carbocycles. The summed E-state index contributed by atoms with van der Waals surface area (Å²) in [5.74, 6) is -1.42. The van der Waals surface area contributed by atoms with E-state index in [1.54, 1.807) is 48.5 Å². The zero-order valence-electron chi connectivity index (χ0n) is 12.3.